The Kier molecular flexibility index (Phi) is 4.40. The summed E-state index contributed by atoms with van der Waals surface area (Å²) in [5.41, 5.74) is 0.712. The van der Waals surface area contributed by atoms with Crippen LogP contribution in [0.1, 0.15) is 17.5 Å². The van der Waals surface area contributed by atoms with Gasteiger partial charge in [-0.05, 0) is 6.92 Å². The van der Waals surface area contributed by atoms with Crippen molar-refractivity contribution in [1.82, 2.24) is 14.1 Å². The maximum Gasteiger partial charge on any atom is 0.326 e. The number of fused-ring (bicyclic) bond motifs is 2. The monoisotopic (exact) mass is 388 g/mol. The molecular weight excluding hydrogens is 372 g/mol. The molecule has 3 aromatic rings. The van der Waals surface area contributed by atoms with Crippen molar-refractivity contribution in [3.8, 4) is 11.5 Å². The predicted octanol–water partition coefficient (Wildman–Crippen LogP) is 1.47. The lowest BCUT2D eigenvalue weighted by Crippen LogP contribution is -2.23. The van der Waals surface area contributed by atoms with E-state index in [1.807, 2.05) is 6.07 Å². The first-order valence-corrected chi connectivity index (χ1v) is 9.03. The van der Waals surface area contributed by atoms with Crippen molar-refractivity contribution in [2.24, 2.45) is 12.0 Å². The van der Waals surface area contributed by atoms with Gasteiger partial charge in [0.25, 0.3) is 0 Å². The Balaban J connectivity index is 1.85. The maximum absolute atomic E-state index is 12.5. The van der Waals surface area contributed by atoms with Crippen LogP contribution in [0.3, 0.4) is 0 Å². The van der Waals surface area contributed by atoms with Crippen LogP contribution in [0.2, 0.25) is 0 Å². The third-order valence-electron chi connectivity index (χ3n) is 3.98. The van der Waals surface area contributed by atoms with E-state index >= 15 is 0 Å². The van der Waals surface area contributed by atoms with Crippen LogP contribution in [-0.4, -0.2) is 39.4 Å². The second-order valence-corrected chi connectivity index (χ2v) is 6.74. The molecule has 3 heterocycles. The predicted molar refractivity (Wildman–Crippen MR) is 95.7 cm³/mol. The van der Waals surface area contributed by atoms with Crippen LogP contribution in [0.4, 0.5) is 0 Å². The second-order valence-electron chi connectivity index (χ2n) is 5.73. The Bertz CT molecular complexity index is 1110. The van der Waals surface area contributed by atoms with E-state index in [1.54, 1.807) is 35.4 Å². The molecule has 4 rings (SSSR count). The molecule has 1 aromatic carbocycles. The summed E-state index contributed by atoms with van der Waals surface area (Å²) in [6.45, 7) is 2.09. The van der Waals surface area contributed by atoms with E-state index in [0.717, 1.165) is 4.70 Å². The molecule has 1 aliphatic heterocycles. The topological polar surface area (TPSA) is 96.9 Å². The molecule has 0 radical (unpaired) electrons. The van der Waals surface area contributed by atoms with Gasteiger partial charge in [-0.2, -0.15) is 4.99 Å². The molecule has 2 aromatic heterocycles. The highest BCUT2D eigenvalue weighted by molar-refractivity contribution is 7.16. The molecule has 0 aliphatic carbocycles. The average molecular weight is 388 g/mol. The van der Waals surface area contributed by atoms with Crippen LogP contribution < -0.4 is 14.3 Å². The van der Waals surface area contributed by atoms with Crippen molar-refractivity contribution in [2.45, 2.75) is 13.5 Å². The molecule has 1 amide bonds. The number of ether oxygens (including phenoxy) is 3. The third kappa shape index (κ3) is 3.19. The summed E-state index contributed by atoms with van der Waals surface area (Å²) in [7, 11) is 1.71. The number of hydrogen-bond donors (Lipinski definition) is 0. The highest BCUT2D eigenvalue weighted by Gasteiger charge is 2.20. The standard InChI is InChI=1S/C17H16N4O5S/c1-3-24-14(22)8-21-10-6-11-12(26-9-25-11)7-13(10)27-17(21)19-16(23)15-18-4-5-20(15)2/h4-7H,3,8-9H2,1-2H3. The van der Waals surface area contributed by atoms with Gasteiger partial charge >= 0.3 is 11.9 Å². The molecule has 0 spiro atoms. The number of hydrogen-bond acceptors (Lipinski definition) is 7. The minimum absolute atomic E-state index is 0.0693. The summed E-state index contributed by atoms with van der Waals surface area (Å²) in [4.78, 5) is 33.2. The van der Waals surface area contributed by atoms with Crippen molar-refractivity contribution in [1.29, 1.82) is 0 Å². The minimum Gasteiger partial charge on any atom is -0.465 e. The van der Waals surface area contributed by atoms with E-state index < -0.39 is 11.9 Å². The zero-order chi connectivity index (χ0) is 19.0. The number of rotatable bonds is 4. The van der Waals surface area contributed by atoms with Gasteiger partial charge in [0.05, 0.1) is 16.8 Å². The van der Waals surface area contributed by atoms with E-state index in [4.69, 9.17) is 14.2 Å². The van der Waals surface area contributed by atoms with Gasteiger partial charge in [-0.15, -0.1) is 0 Å². The fourth-order valence-electron chi connectivity index (χ4n) is 2.74. The number of amides is 1. The molecule has 0 saturated carbocycles. The van der Waals surface area contributed by atoms with E-state index in [-0.39, 0.29) is 25.8 Å². The quantitative estimate of drug-likeness (QED) is 0.628. The molecule has 0 bridgehead atoms. The van der Waals surface area contributed by atoms with Crippen LogP contribution in [0, 0.1) is 0 Å². The smallest absolute Gasteiger partial charge is 0.326 e. The van der Waals surface area contributed by atoms with Crippen molar-refractivity contribution >= 4 is 33.4 Å². The summed E-state index contributed by atoms with van der Waals surface area (Å²) < 4.78 is 19.9. The van der Waals surface area contributed by atoms with Crippen LogP contribution in [0.15, 0.2) is 29.5 Å². The lowest BCUT2D eigenvalue weighted by molar-refractivity contribution is -0.143. The van der Waals surface area contributed by atoms with Crippen molar-refractivity contribution in [2.75, 3.05) is 13.4 Å². The first-order valence-electron chi connectivity index (χ1n) is 8.22. The zero-order valence-corrected chi connectivity index (χ0v) is 15.5. The van der Waals surface area contributed by atoms with Gasteiger partial charge in [-0.25, -0.2) is 4.98 Å². The van der Waals surface area contributed by atoms with Gasteiger partial charge in [0.1, 0.15) is 6.54 Å². The summed E-state index contributed by atoms with van der Waals surface area (Å²) in [6, 6.07) is 3.59. The zero-order valence-electron chi connectivity index (χ0n) is 14.7. The lowest BCUT2D eigenvalue weighted by atomic mass is 10.3. The minimum atomic E-state index is -0.494. The van der Waals surface area contributed by atoms with Gasteiger partial charge < -0.3 is 23.3 Å². The van der Waals surface area contributed by atoms with Gasteiger partial charge in [-0.3, -0.25) is 9.59 Å². The van der Waals surface area contributed by atoms with E-state index in [2.05, 4.69) is 9.98 Å². The molecular formula is C17H16N4O5S. The number of thiazole rings is 1. The van der Waals surface area contributed by atoms with E-state index in [1.165, 1.54) is 17.5 Å². The number of aromatic nitrogens is 3. The SMILES string of the molecule is CCOC(=O)Cn1c(=NC(=O)c2nccn2C)sc2cc3c(cc21)OCO3. The molecule has 0 fully saturated rings. The van der Waals surface area contributed by atoms with Gasteiger partial charge in [0.15, 0.2) is 16.3 Å². The molecule has 9 nitrogen and oxygen atoms in total. The number of imidazole rings is 1. The highest BCUT2D eigenvalue weighted by Crippen LogP contribution is 2.37. The first-order chi connectivity index (χ1) is 13.1. The summed E-state index contributed by atoms with van der Waals surface area (Å²) >= 11 is 1.28. The van der Waals surface area contributed by atoms with Crippen molar-refractivity contribution in [3.63, 3.8) is 0 Å². The second kappa shape index (κ2) is 6.88. The Hall–Kier alpha value is -3.14. The molecule has 0 N–H and O–H groups in total. The molecule has 0 unspecified atom stereocenters. The highest BCUT2D eigenvalue weighted by atomic mass is 32.1. The Morgan fingerprint density at radius 2 is 2.11 bits per heavy atom. The number of nitrogens with zero attached hydrogens (tertiary/aromatic N) is 4. The van der Waals surface area contributed by atoms with Crippen molar-refractivity contribution < 1.29 is 23.8 Å². The van der Waals surface area contributed by atoms with E-state index in [0.29, 0.717) is 21.8 Å². The average Bonchev–Trinajstić information content (AvgIpc) is 3.33. The van der Waals surface area contributed by atoms with Crippen molar-refractivity contribution in [3.05, 3.63) is 35.2 Å². The number of esters is 1. The molecule has 27 heavy (non-hydrogen) atoms. The maximum atomic E-state index is 12.5. The molecule has 0 atom stereocenters. The first kappa shape index (κ1) is 17.3. The Morgan fingerprint density at radius 3 is 2.81 bits per heavy atom. The summed E-state index contributed by atoms with van der Waals surface area (Å²) in [5, 5.41) is 0. The fourth-order valence-corrected chi connectivity index (χ4v) is 3.78. The van der Waals surface area contributed by atoms with Crippen LogP contribution in [-0.2, 0) is 23.1 Å². The normalized spacial score (nSPS) is 13.3. The molecule has 1 aliphatic rings. The molecule has 140 valence electrons. The fraction of sp³-hybridized carbons (Fsp3) is 0.294. The van der Waals surface area contributed by atoms with E-state index in [9.17, 15) is 9.59 Å². The van der Waals surface area contributed by atoms with Crippen LogP contribution in [0.5, 0.6) is 11.5 Å². The molecule has 10 heteroatoms. The Morgan fingerprint density at radius 1 is 1.33 bits per heavy atom. The van der Waals surface area contributed by atoms with Gasteiger partial charge in [-0.1, -0.05) is 11.3 Å². The third-order valence-corrected chi connectivity index (χ3v) is 5.02. The van der Waals surface area contributed by atoms with Gasteiger partial charge in [0.2, 0.25) is 12.6 Å². The molecule has 0 saturated heterocycles. The Labute approximate surface area is 157 Å². The van der Waals surface area contributed by atoms with Gasteiger partial charge in [0, 0.05) is 31.6 Å². The summed E-state index contributed by atoms with van der Waals surface area (Å²) in [5.74, 6) is 0.505. The lowest BCUT2D eigenvalue weighted by Gasteiger charge is -2.05. The summed E-state index contributed by atoms with van der Waals surface area (Å²) in [6.07, 6.45) is 3.19. The number of carbonyl (C=O) groups excluding carboxylic acids is 2. The largest absolute Gasteiger partial charge is 0.465 e. The number of aryl methyl sites for hydroxylation is 1. The number of carbonyl (C=O) groups is 2. The van der Waals surface area contributed by atoms with Crippen LogP contribution >= 0.6 is 11.3 Å². The number of benzene rings is 1. The van der Waals surface area contributed by atoms with Crippen LogP contribution in [0.25, 0.3) is 10.2 Å².